The highest BCUT2D eigenvalue weighted by Gasteiger charge is 2.35. The molecule has 5 nitrogen and oxygen atoms in total. The number of hydrogen-bond acceptors (Lipinski definition) is 3. The molecule has 2 aromatic rings. The number of fused-ring (bicyclic) bond motifs is 1. The van der Waals surface area contributed by atoms with E-state index in [1.807, 2.05) is 18.2 Å². The monoisotopic (exact) mass is 300 g/mol. The number of hydrogen-bond donors (Lipinski definition) is 1. The Kier molecular flexibility index (Phi) is 3.96. The third-order valence-electron chi connectivity index (χ3n) is 4.68. The predicted molar refractivity (Wildman–Crippen MR) is 83.8 cm³/mol. The summed E-state index contributed by atoms with van der Waals surface area (Å²) in [6.07, 6.45) is 6.60. The van der Waals surface area contributed by atoms with Gasteiger partial charge in [0.25, 0.3) is 5.56 Å². The summed E-state index contributed by atoms with van der Waals surface area (Å²) in [6.45, 7) is 0.440. The number of carboxylic acid groups (broad SMARTS) is 1. The molecule has 0 saturated heterocycles. The molecule has 1 aliphatic rings. The zero-order valence-electron chi connectivity index (χ0n) is 12.5. The smallest absolute Gasteiger partial charge is 0.303 e. The van der Waals surface area contributed by atoms with Crippen molar-refractivity contribution in [2.24, 2.45) is 5.41 Å². The molecule has 1 heterocycles. The molecule has 0 amide bonds. The lowest BCUT2D eigenvalue weighted by Gasteiger charge is -2.36. The van der Waals surface area contributed by atoms with Crippen LogP contribution in [0, 0.1) is 5.41 Å². The fourth-order valence-corrected chi connectivity index (χ4v) is 3.59. The van der Waals surface area contributed by atoms with Gasteiger partial charge in [0.15, 0.2) is 0 Å². The molecule has 0 unspecified atom stereocenters. The Balaban J connectivity index is 1.97. The Morgan fingerprint density at radius 1 is 1.23 bits per heavy atom. The van der Waals surface area contributed by atoms with Crippen LogP contribution in [0.25, 0.3) is 10.9 Å². The minimum atomic E-state index is -0.788. The van der Waals surface area contributed by atoms with E-state index in [1.54, 1.807) is 17.0 Å². The number of benzene rings is 1. The van der Waals surface area contributed by atoms with Gasteiger partial charge in [-0.25, -0.2) is 4.98 Å². The van der Waals surface area contributed by atoms with Gasteiger partial charge < -0.3 is 5.11 Å². The molecule has 1 N–H and O–H groups in total. The average Bonchev–Trinajstić information content (AvgIpc) is 2.50. The Morgan fingerprint density at radius 3 is 2.68 bits per heavy atom. The highest BCUT2D eigenvalue weighted by molar-refractivity contribution is 5.76. The molecule has 0 atom stereocenters. The van der Waals surface area contributed by atoms with Crippen LogP contribution in [0.2, 0.25) is 0 Å². The summed E-state index contributed by atoms with van der Waals surface area (Å²) in [4.78, 5) is 28.2. The van der Waals surface area contributed by atoms with Gasteiger partial charge in [0, 0.05) is 6.54 Å². The van der Waals surface area contributed by atoms with Gasteiger partial charge in [-0.1, -0.05) is 31.4 Å². The lowest BCUT2D eigenvalue weighted by molar-refractivity contribution is -0.140. The Labute approximate surface area is 128 Å². The minimum absolute atomic E-state index is 0.0825. The molecule has 22 heavy (non-hydrogen) atoms. The number of carboxylic acids is 1. The number of aromatic nitrogens is 2. The molecule has 0 radical (unpaired) electrons. The van der Waals surface area contributed by atoms with Crippen molar-refractivity contribution in [3.8, 4) is 0 Å². The second kappa shape index (κ2) is 5.91. The topological polar surface area (TPSA) is 72.2 Å². The third-order valence-corrected chi connectivity index (χ3v) is 4.68. The summed E-state index contributed by atoms with van der Waals surface area (Å²) in [7, 11) is 0. The van der Waals surface area contributed by atoms with Gasteiger partial charge in [-0.2, -0.15) is 0 Å². The first-order valence-electron chi connectivity index (χ1n) is 7.76. The van der Waals surface area contributed by atoms with Gasteiger partial charge in [0.1, 0.15) is 0 Å². The van der Waals surface area contributed by atoms with Gasteiger partial charge in [0.05, 0.1) is 23.7 Å². The quantitative estimate of drug-likeness (QED) is 0.942. The van der Waals surface area contributed by atoms with E-state index in [0.29, 0.717) is 17.4 Å². The SMILES string of the molecule is O=C(O)CC1(Cn2cnc3ccccc3c2=O)CCCCC1. The molecule has 1 aromatic carbocycles. The maximum absolute atomic E-state index is 12.6. The van der Waals surface area contributed by atoms with Crippen molar-refractivity contribution in [3.05, 3.63) is 40.9 Å². The van der Waals surface area contributed by atoms with Gasteiger partial charge in [-0.3, -0.25) is 14.2 Å². The molecule has 116 valence electrons. The summed E-state index contributed by atoms with van der Waals surface area (Å²) in [5, 5.41) is 9.84. The second-order valence-corrected chi connectivity index (χ2v) is 6.33. The number of aliphatic carboxylic acids is 1. The van der Waals surface area contributed by atoms with Gasteiger partial charge in [-0.15, -0.1) is 0 Å². The molecule has 0 aliphatic heterocycles. The van der Waals surface area contributed by atoms with E-state index >= 15 is 0 Å². The number of para-hydroxylation sites is 1. The summed E-state index contributed by atoms with van der Waals surface area (Å²) in [5.74, 6) is -0.788. The Morgan fingerprint density at radius 2 is 1.95 bits per heavy atom. The molecular weight excluding hydrogens is 280 g/mol. The average molecular weight is 300 g/mol. The molecular formula is C17H20N2O3. The fourth-order valence-electron chi connectivity index (χ4n) is 3.59. The summed E-state index contributed by atoms with van der Waals surface area (Å²) < 4.78 is 1.59. The molecule has 1 aliphatic carbocycles. The first-order chi connectivity index (χ1) is 10.6. The van der Waals surface area contributed by atoms with E-state index in [9.17, 15) is 14.7 Å². The summed E-state index contributed by atoms with van der Waals surface area (Å²) >= 11 is 0. The molecule has 1 saturated carbocycles. The molecule has 3 rings (SSSR count). The molecule has 0 spiro atoms. The molecule has 5 heteroatoms. The standard InChI is InChI=1S/C17H20N2O3/c20-15(21)10-17(8-4-1-5-9-17)11-19-12-18-14-7-3-2-6-13(14)16(19)22/h2-3,6-7,12H,1,4-5,8-11H2,(H,20,21). The number of nitrogens with zero attached hydrogens (tertiary/aromatic N) is 2. The molecule has 0 bridgehead atoms. The first kappa shape index (κ1) is 14.8. The Hall–Kier alpha value is -2.17. The summed E-state index contributed by atoms with van der Waals surface area (Å²) in [6, 6.07) is 7.26. The summed E-state index contributed by atoms with van der Waals surface area (Å²) in [5.41, 5.74) is 0.276. The Bertz CT molecular complexity index is 745. The van der Waals surface area contributed by atoms with E-state index in [0.717, 1.165) is 32.1 Å². The lowest BCUT2D eigenvalue weighted by Crippen LogP contribution is -2.36. The zero-order valence-corrected chi connectivity index (χ0v) is 12.5. The van der Waals surface area contributed by atoms with Crippen LogP contribution < -0.4 is 5.56 Å². The van der Waals surface area contributed by atoms with Crippen molar-refractivity contribution >= 4 is 16.9 Å². The van der Waals surface area contributed by atoms with Crippen LogP contribution in [0.4, 0.5) is 0 Å². The van der Waals surface area contributed by atoms with Crippen LogP contribution in [-0.2, 0) is 11.3 Å². The van der Waals surface area contributed by atoms with Gasteiger partial charge in [0.2, 0.25) is 0 Å². The zero-order chi connectivity index (χ0) is 15.6. The highest BCUT2D eigenvalue weighted by atomic mass is 16.4. The van der Waals surface area contributed by atoms with Crippen LogP contribution in [0.3, 0.4) is 0 Å². The maximum atomic E-state index is 12.6. The predicted octanol–water partition coefficient (Wildman–Crippen LogP) is 2.82. The molecule has 1 fully saturated rings. The van der Waals surface area contributed by atoms with Crippen LogP contribution >= 0.6 is 0 Å². The van der Waals surface area contributed by atoms with Gasteiger partial charge in [-0.05, 0) is 30.4 Å². The lowest BCUT2D eigenvalue weighted by atomic mass is 9.71. The van der Waals surface area contributed by atoms with E-state index in [1.165, 1.54) is 0 Å². The minimum Gasteiger partial charge on any atom is -0.481 e. The second-order valence-electron chi connectivity index (χ2n) is 6.33. The van der Waals surface area contributed by atoms with Gasteiger partial charge >= 0.3 is 5.97 Å². The van der Waals surface area contributed by atoms with E-state index in [-0.39, 0.29) is 17.4 Å². The van der Waals surface area contributed by atoms with E-state index in [2.05, 4.69) is 4.98 Å². The number of rotatable bonds is 4. The van der Waals surface area contributed by atoms with Crippen molar-refractivity contribution in [3.63, 3.8) is 0 Å². The van der Waals surface area contributed by atoms with E-state index < -0.39 is 5.97 Å². The van der Waals surface area contributed by atoms with Crippen LogP contribution in [-0.4, -0.2) is 20.6 Å². The van der Waals surface area contributed by atoms with Crippen molar-refractivity contribution in [1.82, 2.24) is 9.55 Å². The van der Waals surface area contributed by atoms with E-state index in [4.69, 9.17) is 0 Å². The fraction of sp³-hybridized carbons (Fsp3) is 0.471. The normalized spacial score (nSPS) is 17.5. The van der Waals surface area contributed by atoms with Crippen molar-refractivity contribution in [1.29, 1.82) is 0 Å². The maximum Gasteiger partial charge on any atom is 0.303 e. The van der Waals surface area contributed by atoms with Crippen LogP contribution in [0.1, 0.15) is 38.5 Å². The van der Waals surface area contributed by atoms with Crippen molar-refractivity contribution in [2.75, 3.05) is 0 Å². The largest absolute Gasteiger partial charge is 0.481 e. The third kappa shape index (κ3) is 2.89. The van der Waals surface area contributed by atoms with Crippen LogP contribution in [0.15, 0.2) is 35.4 Å². The number of carbonyl (C=O) groups is 1. The molecule has 1 aromatic heterocycles. The highest BCUT2D eigenvalue weighted by Crippen LogP contribution is 2.40. The van der Waals surface area contributed by atoms with Crippen molar-refractivity contribution < 1.29 is 9.90 Å². The van der Waals surface area contributed by atoms with Crippen molar-refractivity contribution in [2.45, 2.75) is 45.1 Å². The van der Waals surface area contributed by atoms with Crippen LogP contribution in [0.5, 0.6) is 0 Å². The first-order valence-corrected chi connectivity index (χ1v) is 7.76.